The Bertz CT molecular complexity index is 1740. The maximum absolute atomic E-state index is 13.9. The molecule has 2 heterocycles. The highest BCUT2D eigenvalue weighted by molar-refractivity contribution is 7.91. The molecule has 1 amide bonds. The van der Waals surface area contributed by atoms with Gasteiger partial charge in [-0.05, 0) is 42.0 Å². The number of rotatable bonds is 8. The van der Waals surface area contributed by atoms with Gasteiger partial charge < -0.3 is 24.5 Å². The third-order valence-corrected chi connectivity index (χ3v) is 7.91. The zero-order valence-corrected chi connectivity index (χ0v) is 21.6. The van der Waals surface area contributed by atoms with Crippen LogP contribution in [0.3, 0.4) is 0 Å². The molecule has 3 aromatic carbocycles. The van der Waals surface area contributed by atoms with Crippen molar-refractivity contribution in [2.45, 2.75) is 30.5 Å². The van der Waals surface area contributed by atoms with Crippen molar-refractivity contribution in [1.82, 2.24) is 14.9 Å². The molecule has 1 aliphatic rings. The average molecular weight is 598 g/mol. The van der Waals surface area contributed by atoms with Crippen LogP contribution in [-0.4, -0.2) is 47.6 Å². The highest BCUT2D eigenvalue weighted by Crippen LogP contribution is 2.44. The molecule has 4 aromatic rings. The van der Waals surface area contributed by atoms with Crippen LogP contribution in [0.25, 0.3) is 11.0 Å². The smallest absolute Gasteiger partial charge is 0.395 e. The van der Waals surface area contributed by atoms with Crippen molar-refractivity contribution in [2.24, 2.45) is 0 Å². The summed E-state index contributed by atoms with van der Waals surface area (Å²) in [5, 5.41) is 11.5. The average Bonchev–Trinajstić information content (AvgIpc) is 3.43. The Morgan fingerprint density at radius 3 is 2.46 bits per heavy atom. The molecule has 0 saturated heterocycles. The summed E-state index contributed by atoms with van der Waals surface area (Å²) < 4.78 is 103. The number of hydrogen-bond donors (Lipinski definition) is 2. The molecule has 5 rings (SSSR count). The van der Waals surface area contributed by atoms with Gasteiger partial charge in [0.15, 0.2) is 21.3 Å². The van der Waals surface area contributed by atoms with E-state index in [1.165, 1.54) is 60.7 Å². The second kappa shape index (κ2) is 10.3. The number of benzene rings is 3. The van der Waals surface area contributed by atoms with E-state index in [-0.39, 0.29) is 45.1 Å². The van der Waals surface area contributed by atoms with Gasteiger partial charge in [0, 0.05) is 17.7 Å². The van der Waals surface area contributed by atoms with E-state index in [2.05, 4.69) is 19.8 Å². The zero-order valence-electron chi connectivity index (χ0n) is 20.8. The molecule has 0 fully saturated rings. The molecule has 9 nitrogen and oxygen atoms in total. The zero-order chi connectivity index (χ0) is 29.6. The van der Waals surface area contributed by atoms with E-state index >= 15 is 0 Å². The van der Waals surface area contributed by atoms with Gasteiger partial charge in [-0.1, -0.05) is 24.3 Å². The minimum Gasteiger partial charge on any atom is -0.395 e. The van der Waals surface area contributed by atoms with Crippen molar-refractivity contribution in [3.63, 3.8) is 0 Å². The number of hydrogen-bond acceptors (Lipinski definition) is 7. The largest absolute Gasteiger partial charge is 0.586 e. The molecule has 41 heavy (non-hydrogen) atoms. The second-order valence-electron chi connectivity index (χ2n) is 9.00. The molecular weight excluding hydrogens is 577 g/mol. The highest BCUT2D eigenvalue weighted by atomic mass is 32.2. The Hall–Kier alpha value is -4.24. The molecular formula is C26H20F5N3O6S. The molecule has 0 aliphatic carbocycles. The number of amides is 1. The first-order valence-corrected chi connectivity index (χ1v) is 13.6. The van der Waals surface area contributed by atoms with Gasteiger partial charge in [-0.15, -0.1) is 8.78 Å². The van der Waals surface area contributed by atoms with Crippen LogP contribution in [0.15, 0.2) is 65.6 Å². The minimum absolute atomic E-state index is 0.00136. The maximum atomic E-state index is 13.9. The molecule has 216 valence electrons. The standard InChI is InChI=1S/C26H20F5N3O6S/c27-25(28,29)24-33-19-12-16(23(36)32-13-15-4-7-18(8-5-15)41(37,38)11-10-35)6-9-20(19)34(24)14-17-2-1-3-21-22(17)40-26(30,31)39-21/h1-9,12,35H,10-11,13-14H2,(H,32,36). The lowest BCUT2D eigenvalue weighted by Crippen LogP contribution is -2.26. The number of sulfone groups is 1. The number of nitrogens with one attached hydrogen (secondary N) is 1. The lowest BCUT2D eigenvalue weighted by molar-refractivity contribution is -0.287. The molecule has 0 radical (unpaired) electrons. The number of fused-ring (bicyclic) bond motifs is 2. The number of aliphatic hydroxyl groups is 1. The fourth-order valence-electron chi connectivity index (χ4n) is 4.30. The Morgan fingerprint density at radius 1 is 1.05 bits per heavy atom. The molecule has 1 aromatic heterocycles. The molecule has 2 N–H and O–H groups in total. The second-order valence-corrected chi connectivity index (χ2v) is 11.1. The van der Waals surface area contributed by atoms with Crippen LogP contribution in [0.2, 0.25) is 0 Å². The molecule has 0 saturated carbocycles. The number of carbonyl (C=O) groups excluding carboxylic acids is 1. The number of ether oxygens (including phenoxy) is 2. The summed E-state index contributed by atoms with van der Waals surface area (Å²) in [4.78, 5) is 16.4. The van der Waals surface area contributed by atoms with Gasteiger partial charge in [0.1, 0.15) is 0 Å². The van der Waals surface area contributed by atoms with Crippen molar-refractivity contribution in [3.8, 4) is 11.5 Å². The maximum Gasteiger partial charge on any atom is 0.586 e. The Labute approximate surface area is 229 Å². The van der Waals surface area contributed by atoms with Crippen LogP contribution < -0.4 is 14.8 Å². The van der Waals surface area contributed by atoms with Gasteiger partial charge in [0.2, 0.25) is 5.82 Å². The molecule has 0 unspecified atom stereocenters. The fraction of sp³-hybridized carbons (Fsp3) is 0.231. The van der Waals surface area contributed by atoms with Crippen LogP contribution in [0, 0.1) is 0 Å². The topological polar surface area (TPSA) is 120 Å². The predicted octanol–water partition coefficient (Wildman–Crippen LogP) is 4.12. The fourth-order valence-corrected chi connectivity index (χ4v) is 5.33. The van der Waals surface area contributed by atoms with Crippen LogP contribution >= 0.6 is 0 Å². The monoisotopic (exact) mass is 597 g/mol. The number of nitrogens with zero attached hydrogens (tertiary/aromatic N) is 2. The molecule has 0 bridgehead atoms. The number of alkyl halides is 5. The van der Waals surface area contributed by atoms with Crippen LogP contribution in [0.1, 0.15) is 27.3 Å². The molecule has 1 aliphatic heterocycles. The van der Waals surface area contributed by atoms with Gasteiger partial charge in [0.05, 0.1) is 34.8 Å². The normalized spacial score (nSPS) is 14.4. The number of imidazole rings is 1. The van der Waals surface area contributed by atoms with E-state index in [1.54, 1.807) is 0 Å². The van der Waals surface area contributed by atoms with Gasteiger partial charge in [0.25, 0.3) is 5.91 Å². The number of carbonyl (C=O) groups is 1. The van der Waals surface area contributed by atoms with Crippen molar-refractivity contribution >= 4 is 26.8 Å². The highest BCUT2D eigenvalue weighted by Gasteiger charge is 2.45. The third-order valence-electron chi connectivity index (χ3n) is 6.20. The minimum atomic E-state index is -4.91. The van der Waals surface area contributed by atoms with Crippen LogP contribution in [-0.2, 0) is 29.1 Å². The van der Waals surface area contributed by atoms with E-state index in [0.717, 1.165) is 4.57 Å². The first-order valence-electron chi connectivity index (χ1n) is 11.9. The summed E-state index contributed by atoms with van der Waals surface area (Å²) >= 11 is 0. The third kappa shape index (κ3) is 5.81. The van der Waals surface area contributed by atoms with Gasteiger partial charge in [-0.3, -0.25) is 4.79 Å². The van der Waals surface area contributed by atoms with E-state index in [9.17, 15) is 35.2 Å². The van der Waals surface area contributed by atoms with Crippen LogP contribution in [0.4, 0.5) is 22.0 Å². The molecule has 15 heteroatoms. The van der Waals surface area contributed by atoms with E-state index in [1.807, 2.05) is 0 Å². The van der Waals surface area contributed by atoms with E-state index in [0.29, 0.717) is 5.56 Å². The number of halogens is 5. The summed E-state index contributed by atoms with van der Waals surface area (Å²) in [7, 11) is -3.64. The first kappa shape index (κ1) is 28.3. The molecule has 0 atom stereocenters. The summed E-state index contributed by atoms with van der Waals surface area (Å²) in [5.41, 5.74) is 0.407. The lowest BCUT2D eigenvalue weighted by atomic mass is 10.1. The lowest BCUT2D eigenvalue weighted by Gasteiger charge is -2.13. The van der Waals surface area contributed by atoms with Crippen molar-refractivity contribution in [3.05, 3.63) is 83.2 Å². The quantitative estimate of drug-likeness (QED) is 0.293. The molecule has 0 spiro atoms. The van der Waals surface area contributed by atoms with Crippen molar-refractivity contribution in [1.29, 1.82) is 0 Å². The van der Waals surface area contributed by atoms with Crippen LogP contribution in [0.5, 0.6) is 11.5 Å². The van der Waals surface area contributed by atoms with Gasteiger partial charge in [-0.2, -0.15) is 13.2 Å². The Kier molecular flexibility index (Phi) is 7.11. The predicted molar refractivity (Wildman–Crippen MR) is 133 cm³/mol. The summed E-state index contributed by atoms with van der Waals surface area (Å²) in [5.74, 6) is -3.05. The Morgan fingerprint density at radius 2 is 1.78 bits per heavy atom. The Balaban J connectivity index is 1.38. The SMILES string of the molecule is O=C(NCc1ccc(S(=O)(=O)CCO)cc1)c1ccc2c(c1)nc(C(F)(F)F)n2Cc1cccc2c1OC(F)(F)O2. The summed E-state index contributed by atoms with van der Waals surface area (Å²) in [6, 6.07) is 13.2. The number of aromatic nitrogens is 2. The van der Waals surface area contributed by atoms with Crippen molar-refractivity contribution in [2.75, 3.05) is 12.4 Å². The number of aliphatic hydroxyl groups excluding tert-OH is 1. The first-order chi connectivity index (χ1) is 19.3. The van der Waals surface area contributed by atoms with E-state index < -0.39 is 52.9 Å². The number of para-hydroxylation sites is 1. The van der Waals surface area contributed by atoms with Gasteiger partial charge in [-0.25, -0.2) is 13.4 Å². The summed E-state index contributed by atoms with van der Waals surface area (Å²) in [6.07, 6.45) is -8.86. The van der Waals surface area contributed by atoms with Gasteiger partial charge >= 0.3 is 12.5 Å². The van der Waals surface area contributed by atoms with Crippen molar-refractivity contribution < 1.29 is 49.7 Å². The van der Waals surface area contributed by atoms with E-state index in [4.69, 9.17) is 5.11 Å². The summed E-state index contributed by atoms with van der Waals surface area (Å²) in [6.45, 7) is -1.06.